The van der Waals surface area contributed by atoms with Gasteiger partial charge < -0.3 is 20.0 Å². The Balaban J connectivity index is 1.78. The van der Waals surface area contributed by atoms with Crippen LogP contribution >= 0.6 is 0 Å². The van der Waals surface area contributed by atoms with Crippen molar-refractivity contribution in [1.29, 1.82) is 0 Å². The van der Waals surface area contributed by atoms with E-state index in [0.29, 0.717) is 23.2 Å². The molecule has 2 aromatic heterocycles. The van der Waals surface area contributed by atoms with E-state index in [0.717, 1.165) is 39.2 Å². The Labute approximate surface area is 189 Å². The summed E-state index contributed by atoms with van der Waals surface area (Å²) in [6, 6.07) is 17.3. The predicted octanol–water partition coefficient (Wildman–Crippen LogP) is 3.68. The number of imidazole rings is 2. The normalized spacial score (nSPS) is 11.4. The first kappa shape index (κ1) is 20.7. The molecule has 1 amide bonds. The fourth-order valence-corrected chi connectivity index (χ4v) is 4.10. The zero-order valence-corrected chi connectivity index (χ0v) is 18.5. The molecule has 0 atom stereocenters. The molecule has 166 valence electrons. The number of hydrogen-bond acceptors (Lipinski definition) is 4. The molecule has 3 N–H and O–H groups in total. The first-order valence-electron chi connectivity index (χ1n) is 10.5. The van der Waals surface area contributed by atoms with Crippen LogP contribution in [0.1, 0.15) is 21.5 Å². The predicted molar refractivity (Wildman–Crippen MR) is 128 cm³/mol. The summed E-state index contributed by atoms with van der Waals surface area (Å²) >= 11 is 0. The van der Waals surface area contributed by atoms with Crippen LogP contribution in [0, 0.1) is 6.92 Å². The van der Waals surface area contributed by atoms with Gasteiger partial charge in [0.1, 0.15) is 5.82 Å². The highest BCUT2D eigenvalue weighted by molar-refractivity contribution is 5.98. The smallest absolute Gasteiger partial charge is 0.323 e. The molecule has 2 heterocycles. The molecule has 5 rings (SSSR count). The van der Waals surface area contributed by atoms with E-state index in [4.69, 9.17) is 9.72 Å². The van der Waals surface area contributed by atoms with Crippen LogP contribution in [0.15, 0.2) is 59.4 Å². The lowest BCUT2D eigenvalue weighted by Crippen LogP contribution is -2.17. The first-order chi connectivity index (χ1) is 16.0. The number of aromatic nitrogens is 4. The van der Waals surface area contributed by atoms with Crippen LogP contribution in [-0.4, -0.2) is 39.6 Å². The molecule has 0 aliphatic carbocycles. The number of methoxy groups -OCH3 is 1. The van der Waals surface area contributed by atoms with Crippen LogP contribution < -0.4 is 11.0 Å². The molecule has 33 heavy (non-hydrogen) atoms. The number of hydrogen-bond donors (Lipinski definition) is 3. The molecule has 3 aromatic carbocycles. The number of aryl methyl sites for hydroxylation is 1. The molecule has 0 aliphatic heterocycles. The Bertz CT molecular complexity index is 1570. The van der Waals surface area contributed by atoms with E-state index >= 15 is 0 Å². The number of carbonyl (C=O) groups is 1. The van der Waals surface area contributed by atoms with Crippen LogP contribution in [0.25, 0.3) is 39.1 Å². The topological polar surface area (TPSA) is 105 Å². The second kappa shape index (κ2) is 8.07. The van der Waals surface area contributed by atoms with E-state index in [9.17, 15) is 9.59 Å². The van der Waals surface area contributed by atoms with E-state index in [1.165, 1.54) is 0 Å². The summed E-state index contributed by atoms with van der Waals surface area (Å²) < 4.78 is 7.41. The first-order valence-corrected chi connectivity index (χ1v) is 10.5. The highest BCUT2D eigenvalue weighted by Gasteiger charge is 2.17. The van der Waals surface area contributed by atoms with E-state index in [-0.39, 0.29) is 11.6 Å². The molecule has 0 spiro atoms. The zero-order chi connectivity index (χ0) is 23.1. The number of rotatable bonds is 5. The monoisotopic (exact) mass is 441 g/mol. The van der Waals surface area contributed by atoms with Crippen molar-refractivity contribution in [3.8, 4) is 17.1 Å². The lowest BCUT2D eigenvalue weighted by atomic mass is 10.0. The van der Waals surface area contributed by atoms with Gasteiger partial charge in [-0.25, -0.2) is 9.78 Å². The molecule has 0 saturated heterocycles. The van der Waals surface area contributed by atoms with Crippen LogP contribution in [0.4, 0.5) is 0 Å². The van der Waals surface area contributed by atoms with Gasteiger partial charge in [-0.1, -0.05) is 12.1 Å². The van der Waals surface area contributed by atoms with Crippen molar-refractivity contribution in [2.75, 3.05) is 14.2 Å². The van der Waals surface area contributed by atoms with Gasteiger partial charge in [0.25, 0.3) is 5.91 Å². The van der Waals surface area contributed by atoms with Gasteiger partial charge in [-0.05, 0) is 60.5 Å². The minimum atomic E-state index is -0.254. The molecule has 8 nitrogen and oxygen atoms in total. The largest absolute Gasteiger partial charge is 0.380 e. The lowest BCUT2D eigenvalue weighted by Gasteiger charge is -2.12. The van der Waals surface area contributed by atoms with Gasteiger partial charge in [-0.3, -0.25) is 9.36 Å². The minimum Gasteiger partial charge on any atom is -0.380 e. The number of H-pyrrole nitrogens is 2. The molecule has 0 bridgehead atoms. The summed E-state index contributed by atoms with van der Waals surface area (Å²) in [6.45, 7) is 2.55. The Morgan fingerprint density at radius 2 is 1.88 bits per heavy atom. The number of nitrogens with one attached hydrogen (secondary N) is 3. The standard InChI is InChI=1S/C25H23N5O3/c1-14-4-5-15(10-17(14)13-33-3)23-27-21-11-16(24(31)26-2)6-9-22(21)30(23)18-7-8-19-20(12-18)29-25(32)28-19/h4-12H,13H2,1-3H3,(H,26,31)(H2,28,29,32). The molecule has 0 unspecified atom stereocenters. The Hall–Kier alpha value is -4.17. The average molecular weight is 441 g/mol. The van der Waals surface area contributed by atoms with Crippen LogP contribution in [-0.2, 0) is 11.3 Å². The van der Waals surface area contributed by atoms with Crippen molar-refractivity contribution in [2.24, 2.45) is 0 Å². The average Bonchev–Trinajstić information content (AvgIpc) is 3.38. The maximum atomic E-state index is 12.2. The molecule has 0 radical (unpaired) electrons. The van der Waals surface area contributed by atoms with Crippen molar-refractivity contribution < 1.29 is 9.53 Å². The van der Waals surface area contributed by atoms with Crippen molar-refractivity contribution in [1.82, 2.24) is 24.8 Å². The van der Waals surface area contributed by atoms with E-state index in [1.807, 2.05) is 41.8 Å². The fourth-order valence-electron chi connectivity index (χ4n) is 4.10. The van der Waals surface area contributed by atoms with Gasteiger partial charge in [-0.15, -0.1) is 0 Å². The van der Waals surface area contributed by atoms with E-state index in [2.05, 4.69) is 27.4 Å². The van der Waals surface area contributed by atoms with Gasteiger partial charge in [0.05, 0.1) is 28.7 Å². The number of aromatic amines is 2. The van der Waals surface area contributed by atoms with Crippen molar-refractivity contribution >= 4 is 28.0 Å². The number of benzene rings is 3. The Kier molecular flexibility index (Phi) is 5.07. The number of amides is 1. The van der Waals surface area contributed by atoms with Gasteiger partial charge >= 0.3 is 5.69 Å². The summed E-state index contributed by atoms with van der Waals surface area (Å²) in [7, 11) is 3.28. The highest BCUT2D eigenvalue weighted by Crippen LogP contribution is 2.31. The summed E-state index contributed by atoms with van der Waals surface area (Å²) in [4.78, 5) is 34.5. The van der Waals surface area contributed by atoms with Gasteiger partial charge in [0.15, 0.2) is 0 Å². The SMILES string of the molecule is CNC(=O)c1ccc2c(c1)nc(-c1ccc(C)c(COC)c1)n2-c1ccc2[nH]c(=O)[nH]c2c1. The third-order valence-electron chi connectivity index (χ3n) is 5.81. The maximum absolute atomic E-state index is 12.2. The number of fused-ring (bicyclic) bond motifs is 2. The summed E-state index contributed by atoms with van der Waals surface area (Å²) in [5.41, 5.74) is 7.25. The molecule has 0 aliphatic rings. The quantitative estimate of drug-likeness (QED) is 0.387. The Morgan fingerprint density at radius 1 is 1.06 bits per heavy atom. The van der Waals surface area contributed by atoms with Crippen LogP contribution in [0.2, 0.25) is 0 Å². The molecule has 0 saturated carbocycles. The van der Waals surface area contributed by atoms with Crippen LogP contribution in [0.5, 0.6) is 0 Å². The highest BCUT2D eigenvalue weighted by atomic mass is 16.5. The van der Waals surface area contributed by atoms with Gasteiger partial charge in [0.2, 0.25) is 0 Å². The third-order valence-corrected chi connectivity index (χ3v) is 5.81. The summed E-state index contributed by atoms with van der Waals surface area (Å²) in [5.74, 6) is 0.561. The number of nitrogens with zero attached hydrogens (tertiary/aromatic N) is 2. The minimum absolute atomic E-state index is 0.169. The molecule has 5 aromatic rings. The molecule has 8 heteroatoms. The maximum Gasteiger partial charge on any atom is 0.323 e. The molecule has 0 fully saturated rings. The van der Waals surface area contributed by atoms with E-state index < -0.39 is 0 Å². The summed E-state index contributed by atoms with van der Waals surface area (Å²) in [6.07, 6.45) is 0. The fraction of sp³-hybridized carbons (Fsp3) is 0.160. The second-order valence-electron chi connectivity index (χ2n) is 7.94. The summed E-state index contributed by atoms with van der Waals surface area (Å²) in [5, 5.41) is 2.66. The Morgan fingerprint density at radius 3 is 2.67 bits per heavy atom. The van der Waals surface area contributed by atoms with E-state index in [1.54, 1.807) is 26.3 Å². The zero-order valence-electron chi connectivity index (χ0n) is 18.5. The third kappa shape index (κ3) is 3.60. The van der Waals surface area contributed by atoms with Gasteiger partial charge in [-0.2, -0.15) is 0 Å². The lowest BCUT2D eigenvalue weighted by molar-refractivity contribution is 0.0963. The van der Waals surface area contributed by atoms with Crippen molar-refractivity contribution in [2.45, 2.75) is 13.5 Å². The number of ether oxygens (including phenoxy) is 1. The number of carbonyl (C=O) groups excluding carboxylic acids is 1. The van der Waals surface area contributed by atoms with Crippen LogP contribution in [0.3, 0.4) is 0 Å². The van der Waals surface area contributed by atoms with Gasteiger partial charge in [0, 0.05) is 31.0 Å². The molecular weight excluding hydrogens is 418 g/mol. The molecular formula is C25H23N5O3. The second-order valence-corrected chi connectivity index (χ2v) is 7.94. The van der Waals surface area contributed by atoms with Crippen molar-refractivity contribution in [3.63, 3.8) is 0 Å². The van der Waals surface area contributed by atoms with Crippen molar-refractivity contribution in [3.05, 3.63) is 81.8 Å².